The zero-order chi connectivity index (χ0) is 17.5. The van der Waals surface area contributed by atoms with Crippen LogP contribution in [0, 0.1) is 18.3 Å². The molecule has 24 heavy (non-hydrogen) atoms. The molecule has 9 heteroatoms. The minimum absolute atomic E-state index is 0.0409. The van der Waals surface area contributed by atoms with Crippen LogP contribution < -0.4 is 4.72 Å². The Labute approximate surface area is 143 Å². The number of nitrogens with zero attached hydrogens (tertiary/aromatic N) is 4. The van der Waals surface area contributed by atoms with E-state index in [1.165, 1.54) is 21.9 Å². The first-order valence-electron chi connectivity index (χ1n) is 7.21. The van der Waals surface area contributed by atoms with Gasteiger partial charge in [-0.1, -0.05) is 31.3 Å². The van der Waals surface area contributed by atoms with Crippen molar-refractivity contribution >= 4 is 32.0 Å². The number of imidazole rings is 1. The van der Waals surface area contributed by atoms with Gasteiger partial charge in [0.15, 0.2) is 0 Å². The van der Waals surface area contributed by atoms with Gasteiger partial charge in [-0.05, 0) is 31.0 Å². The van der Waals surface area contributed by atoms with Gasteiger partial charge >= 0.3 is 0 Å². The molecule has 0 bridgehead atoms. The minimum Gasteiger partial charge on any atom is -0.278 e. The SMILES string of the molecule is Cc1nn2c(S(=O)(=O)Nc3cccc(C#N)c3)c(C(C)C)nc2s1. The number of aryl methyl sites for hydroxylation is 1. The average Bonchev–Trinajstić information content (AvgIpc) is 3.02. The summed E-state index contributed by atoms with van der Waals surface area (Å²) in [4.78, 5) is 4.97. The molecular formula is C15H15N5O2S2. The predicted molar refractivity (Wildman–Crippen MR) is 91.7 cm³/mol. The number of hydrogen-bond donors (Lipinski definition) is 1. The fraction of sp³-hybridized carbons (Fsp3) is 0.267. The molecule has 3 rings (SSSR count). The van der Waals surface area contributed by atoms with Gasteiger partial charge in [0.1, 0.15) is 5.01 Å². The van der Waals surface area contributed by atoms with E-state index in [1.54, 1.807) is 25.1 Å². The van der Waals surface area contributed by atoms with Gasteiger partial charge in [0, 0.05) is 0 Å². The number of fused-ring (bicyclic) bond motifs is 1. The lowest BCUT2D eigenvalue weighted by molar-refractivity contribution is 0.589. The normalized spacial score (nSPS) is 11.8. The topological polar surface area (TPSA) is 100 Å². The van der Waals surface area contributed by atoms with Crippen LogP contribution in [0.2, 0.25) is 0 Å². The summed E-state index contributed by atoms with van der Waals surface area (Å²) in [5.74, 6) is -0.0729. The molecule has 0 fully saturated rings. The second kappa shape index (κ2) is 5.89. The van der Waals surface area contributed by atoms with Crippen LogP contribution in [0.15, 0.2) is 29.3 Å². The average molecular weight is 361 g/mol. The van der Waals surface area contributed by atoms with Crippen LogP contribution in [-0.2, 0) is 10.0 Å². The van der Waals surface area contributed by atoms with Gasteiger partial charge < -0.3 is 0 Å². The third kappa shape index (κ3) is 2.86. The first-order valence-corrected chi connectivity index (χ1v) is 9.51. The maximum Gasteiger partial charge on any atom is 0.281 e. The molecule has 7 nitrogen and oxygen atoms in total. The molecule has 0 aliphatic rings. The highest BCUT2D eigenvalue weighted by molar-refractivity contribution is 7.92. The van der Waals surface area contributed by atoms with Crippen molar-refractivity contribution in [3.05, 3.63) is 40.5 Å². The first-order chi connectivity index (χ1) is 11.3. The smallest absolute Gasteiger partial charge is 0.278 e. The number of hydrogen-bond acceptors (Lipinski definition) is 6. The Morgan fingerprint density at radius 1 is 1.38 bits per heavy atom. The van der Waals surface area contributed by atoms with Gasteiger partial charge in [-0.3, -0.25) is 4.72 Å². The molecule has 0 saturated carbocycles. The summed E-state index contributed by atoms with van der Waals surface area (Å²) in [6.45, 7) is 5.57. The molecule has 1 aromatic carbocycles. The molecule has 2 aromatic heterocycles. The van der Waals surface area contributed by atoms with Crippen molar-refractivity contribution in [1.82, 2.24) is 14.6 Å². The van der Waals surface area contributed by atoms with E-state index in [2.05, 4.69) is 14.8 Å². The van der Waals surface area contributed by atoms with Crippen molar-refractivity contribution in [1.29, 1.82) is 5.26 Å². The standard InChI is InChI=1S/C15H15N5O2S2/c1-9(2)13-14(20-15(17-13)23-10(3)18-20)24(21,22)19-12-6-4-5-11(7-12)8-16/h4-7,9,19H,1-3H3. The number of nitriles is 1. The molecule has 0 radical (unpaired) electrons. The fourth-order valence-electron chi connectivity index (χ4n) is 2.32. The summed E-state index contributed by atoms with van der Waals surface area (Å²) in [5.41, 5.74) is 1.17. The van der Waals surface area contributed by atoms with Crippen molar-refractivity contribution in [3.63, 3.8) is 0 Å². The van der Waals surface area contributed by atoms with Crippen LogP contribution in [0.5, 0.6) is 0 Å². The highest BCUT2D eigenvalue weighted by Gasteiger charge is 2.29. The van der Waals surface area contributed by atoms with E-state index in [9.17, 15) is 8.42 Å². The van der Waals surface area contributed by atoms with E-state index in [-0.39, 0.29) is 10.9 Å². The highest BCUT2D eigenvalue weighted by Crippen LogP contribution is 2.28. The summed E-state index contributed by atoms with van der Waals surface area (Å²) in [7, 11) is -3.90. The molecule has 0 aliphatic heterocycles. The third-order valence-corrected chi connectivity index (χ3v) is 5.55. The number of nitrogens with one attached hydrogen (secondary N) is 1. The summed E-state index contributed by atoms with van der Waals surface area (Å²) in [6, 6.07) is 8.30. The second-order valence-electron chi connectivity index (χ2n) is 5.57. The molecule has 1 N–H and O–H groups in total. The number of aromatic nitrogens is 3. The van der Waals surface area contributed by atoms with Crippen molar-refractivity contribution < 1.29 is 8.42 Å². The minimum atomic E-state index is -3.90. The van der Waals surface area contributed by atoms with E-state index in [0.29, 0.717) is 21.9 Å². The van der Waals surface area contributed by atoms with E-state index < -0.39 is 10.0 Å². The molecule has 0 saturated heterocycles. The second-order valence-corrected chi connectivity index (χ2v) is 8.33. The van der Waals surface area contributed by atoms with Crippen molar-refractivity contribution in [3.8, 4) is 6.07 Å². The Balaban J connectivity index is 2.13. The molecule has 0 atom stereocenters. The van der Waals surface area contributed by atoms with Crippen LogP contribution in [0.1, 0.15) is 36.0 Å². The molecule has 0 aliphatic carbocycles. The number of anilines is 1. The zero-order valence-electron chi connectivity index (χ0n) is 13.3. The van der Waals surface area contributed by atoms with Crippen LogP contribution in [0.3, 0.4) is 0 Å². The summed E-state index contributed by atoms with van der Waals surface area (Å²) >= 11 is 1.34. The third-order valence-electron chi connectivity index (χ3n) is 3.33. The molecule has 0 unspecified atom stereocenters. The van der Waals surface area contributed by atoms with Crippen LogP contribution in [-0.4, -0.2) is 23.0 Å². The van der Waals surface area contributed by atoms with Crippen LogP contribution in [0.25, 0.3) is 4.96 Å². The van der Waals surface area contributed by atoms with Crippen LogP contribution >= 0.6 is 11.3 Å². The van der Waals surface area contributed by atoms with E-state index in [0.717, 1.165) is 5.01 Å². The largest absolute Gasteiger partial charge is 0.281 e. The maximum atomic E-state index is 12.9. The molecule has 0 amide bonds. The van der Waals surface area contributed by atoms with Gasteiger partial charge in [-0.15, -0.1) is 0 Å². The number of rotatable bonds is 4. The Hall–Kier alpha value is -2.44. The lowest BCUT2D eigenvalue weighted by Crippen LogP contribution is -2.18. The molecule has 2 heterocycles. The van der Waals surface area contributed by atoms with E-state index >= 15 is 0 Å². The molecule has 3 aromatic rings. The highest BCUT2D eigenvalue weighted by atomic mass is 32.2. The monoisotopic (exact) mass is 361 g/mol. The van der Waals surface area contributed by atoms with Gasteiger partial charge in [0.05, 0.1) is 23.0 Å². The van der Waals surface area contributed by atoms with Gasteiger partial charge in [0.2, 0.25) is 9.99 Å². The van der Waals surface area contributed by atoms with Gasteiger partial charge in [-0.25, -0.2) is 4.98 Å². The Bertz CT molecular complexity index is 1060. The predicted octanol–water partition coefficient (Wildman–Crippen LogP) is 2.90. The Kier molecular flexibility index (Phi) is 4.03. The van der Waals surface area contributed by atoms with Crippen molar-refractivity contribution in [2.45, 2.75) is 31.7 Å². The summed E-state index contributed by atoms with van der Waals surface area (Å²) < 4.78 is 29.7. The molecule has 124 valence electrons. The molecule has 0 spiro atoms. The first kappa shape index (κ1) is 16.4. The quantitative estimate of drug-likeness (QED) is 0.770. The van der Waals surface area contributed by atoms with Gasteiger partial charge in [0.25, 0.3) is 10.0 Å². The number of benzene rings is 1. The molecular weight excluding hydrogens is 346 g/mol. The van der Waals surface area contributed by atoms with E-state index in [4.69, 9.17) is 5.26 Å². The van der Waals surface area contributed by atoms with Crippen molar-refractivity contribution in [2.75, 3.05) is 4.72 Å². The fourth-order valence-corrected chi connectivity index (χ4v) is 4.58. The van der Waals surface area contributed by atoms with Crippen molar-refractivity contribution in [2.24, 2.45) is 0 Å². The Morgan fingerprint density at radius 3 is 2.79 bits per heavy atom. The maximum absolute atomic E-state index is 12.9. The Morgan fingerprint density at radius 2 is 2.12 bits per heavy atom. The lowest BCUT2D eigenvalue weighted by atomic mass is 10.2. The summed E-state index contributed by atoms with van der Waals surface area (Å²) in [6.07, 6.45) is 0. The van der Waals surface area contributed by atoms with Gasteiger partial charge in [-0.2, -0.15) is 23.3 Å². The number of sulfonamides is 1. The summed E-state index contributed by atoms with van der Waals surface area (Å²) in [5, 5.41) is 14.0. The van der Waals surface area contributed by atoms with Crippen LogP contribution in [0.4, 0.5) is 5.69 Å². The zero-order valence-corrected chi connectivity index (χ0v) is 14.9. The van der Waals surface area contributed by atoms with E-state index in [1.807, 2.05) is 19.9 Å². The lowest BCUT2D eigenvalue weighted by Gasteiger charge is -2.10.